The normalized spacial score (nSPS) is 14.1. The Morgan fingerprint density at radius 1 is 1.50 bits per heavy atom. The second-order valence-electron chi connectivity index (χ2n) is 3.94. The topological polar surface area (TPSA) is 53.2 Å². The van der Waals surface area contributed by atoms with E-state index in [1.807, 2.05) is 13.0 Å². The molecule has 0 fully saturated rings. The first-order valence-electron chi connectivity index (χ1n) is 5.36. The molecule has 0 aromatic heterocycles. The van der Waals surface area contributed by atoms with Crippen LogP contribution in [-0.2, 0) is 4.74 Å². The van der Waals surface area contributed by atoms with Gasteiger partial charge in [-0.15, -0.1) is 0 Å². The van der Waals surface area contributed by atoms with Crippen LogP contribution in [-0.4, -0.2) is 18.8 Å². The first kappa shape index (κ1) is 12.7. The minimum Gasteiger partial charge on any atom is -0.388 e. The molecule has 0 aliphatic carbocycles. The van der Waals surface area contributed by atoms with Crippen LogP contribution in [0.5, 0.6) is 0 Å². The number of hydrogen-bond acceptors (Lipinski definition) is 3. The fourth-order valence-corrected chi connectivity index (χ4v) is 1.58. The number of aliphatic hydroxyl groups excluding tert-OH is 1. The largest absolute Gasteiger partial charge is 0.388 e. The number of nitrogens with zero attached hydrogens (tertiary/aromatic N) is 1. The summed E-state index contributed by atoms with van der Waals surface area (Å²) in [5.74, 6) is 0.119. The molecular formula is C13H17NO2. The van der Waals surface area contributed by atoms with E-state index in [1.165, 1.54) is 0 Å². The molecule has 2 atom stereocenters. The van der Waals surface area contributed by atoms with Gasteiger partial charge in [-0.3, -0.25) is 0 Å². The van der Waals surface area contributed by atoms with E-state index >= 15 is 0 Å². The van der Waals surface area contributed by atoms with Crippen LogP contribution in [0.1, 0.15) is 30.6 Å². The van der Waals surface area contributed by atoms with Crippen molar-refractivity contribution in [3.8, 4) is 6.07 Å². The summed E-state index contributed by atoms with van der Waals surface area (Å²) in [5, 5.41) is 18.8. The Morgan fingerprint density at radius 2 is 2.25 bits per heavy atom. The van der Waals surface area contributed by atoms with Crippen molar-refractivity contribution in [1.29, 1.82) is 5.26 Å². The molecule has 0 saturated heterocycles. The smallest absolute Gasteiger partial charge is 0.0991 e. The van der Waals surface area contributed by atoms with Crippen LogP contribution in [0.4, 0.5) is 0 Å². The molecule has 1 rings (SSSR count). The van der Waals surface area contributed by atoms with Gasteiger partial charge < -0.3 is 9.84 Å². The van der Waals surface area contributed by atoms with Crippen molar-refractivity contribution in [3.63, 3.8) is 0 Å². The Labute approximate surface area is 96.3 Å². The van der Waals surface area contributed by atoms with Crippen LogP contribution >= 0.6 is 0 Å². The Morgan fingerprint density at radius 3 is 2.88 bits per heavy atom. The lowest BCUT2D eigenvalue weighted by molar-refractivity contribution is 0.0886. The monoisotopic (exact) mass is 219 g/mol. The number of hydrogen-bond donors (Lipinski definition) is 1. The van der Waals surface area contributed by atoms with E-state index in [2.05, 4.69) is 6.07 Å². The number of rotatable bonds is 5. The number of nitriles is 1. The summed E-state index contributed by atoms with van der Waals surface area (Å²) >= 11 is 0. The first-order valence-corrected chi connectivity index (χ1v) is 5.36. The maximum absolute atomic E-state index is 10.1. The molecule has 1 N–H and O–H groups in total. The van der Waals surface area contributed by atoms with Crippen LogP contribution in [0.2, 0.25) is 0 Å². The van der Waals surface area contributed by atoms with Gasteiger partial charge in [0.15, 0.2) is 0 Å². The molecule has 0 spiro atoms. The van der Waals surface area contributed by atoms with Crippen LogP contribution in [0.25, 0.3) is 0 Å². The molecule has 1 aromatic carbocycles. The molecule has 0 bridgehead atoms. The zero-order valence-corrected chi connectivity index (χ0v) is 9.68. The van der Waals surface area contributed by atoms with Gasteiger partial charge in [0.05, 0.1) is 17.7 Å². The van der Waals surface area contributed by atoms with E-state index in [9.17, 15) is 5.11 Å². The van der Waals surface area contributed by atoms with Crippen molar-refractivity contribution in [3.05, 3.63) is 35.4 Å². The maximum Gasteiger partial charge on any atom is 0.0991 e. The maximum atomic E-state index is 10.1. The highest BCUT2D eigenvalue weighted by atomic mass is 16.5. The van der Waals surface area contributed by atoms with E-state index < -0.39 is 6.10 Å². The number of methoxy groups -OCH3 is 1. The Hall–Kier alpha value is -1.37. The minimum atomic E-state index is -0.538. The Kier molecular flexibility index (Phi) is 4.97. The summed E-state index contributed by atoms with van der Waals surface area (Å²) < 4.78 is 4.98. The van der Waals surface area contributed by atoms with Crippen molar-refractivity contribution < 1.29 is 9.84 Å². The van der Waals surface area contributed by atoms with Gasteiger partial charge >= 0.3 is 0 Å². The highest BCUT2D eigenvalue weighted by molar-refractivity contribution is 5.33. The Bertz CT molecular complexity index is 370. The number of benzene rings is 1. The molecule has 0 aliphatic heterocycles. The van der Waals surface area contributed by atoms with Crippen molar-refractivity contribution in [2.75, 3.05) is 13.7 Å². The van der Waals surface area contributed by atoms with Crippen LogP contribution < -0.4 is 0 Å². The molecule has 2 unspecified atom stereocenters. The second kappa shape index (κ2) is 6.26. The van der Waals surface area contributed by atoms with Crippen LogP contribution in [0.3, 0.4) is 0 Å². The molecule has 16 heavy (non-hydrogen) atoms. The molecular weight excluding hydrogens is 202 g/mol. The highest BCUT2D eigenvalue weighted by Crippen LogP contribution is 2.24. The van der Waals surface area contributed by atoms with Gasteiger partial charge in [0.25, 0.3) is 0 Å². The number of aliphatic hydroxyl groups is 1. The minimum absolute atomic E-state index is 0.119. The predicted octanol–water partition coefficient (Wildman–Crippen LogP) is 2.26. The molecule has 1 aromatic rings. The van der Waals surface area contributed by atoms with Crippen molar-refractivity contribution in [2.45, 2.75) is 19.4 Å². The zero-order chi connectivity index (χ0) is 12.0. The van der Waals surface area contributed by atoms with Gasteiger partial charge in [0.1, 0.15) is 0 Å². The third-order valence-electron chi connectivity index (χ3n) is 2.67. The van der Waals surface area contributed by atoms with E-state index in [-0.39, 0.29) is 5.92 Å². The molecule has 0 saturated carbocycles. The third-order valence-corrected chi connectivity index (χ3v) is 2.67. The van der Waals surface area contributed by atoms with Crippen molar-refractivity contribution in [2.24, 2.45) is 5.92 Å². The molecule has 0 amide bonds. The summed E-state index contributed by atoms with van der Waals surface area (Å²) in [6.07, 6.45) is 0.262. The average Bonchev–Trinajstić information content (AvgIpc) is 2.35. The van der Waals surface area contributed by atoms with E-state index in [0.717, 1.165) is 12.0 Å². The molecule has 0 radical (unpaired) electrons. The molecule has 3 heteroatoms. The summed E-state index contributed by atoms with van der Waals surface area (Å²) in [6.45, 7) is 2.61. The van der Waals surface area contributed by atoms with E-state index in [4.69, 9.17) is 10.00 Å². The highest BCUT2D eigenvalue weighted by Gasteiger charge is 2.16. The molecule has 3 nitrogen and oxygen atoms in total. The SMILES string of the molecule is COCCC(C)C(O)c1cccc(C#N)c1. The van der Waals surface area contributed by atoms with Crippen molar-refractivity contribution >= 4 is 0 Å². The number of ether oxygens (including phenoxy) is 1. The standard InChI is InChI=1S/C13H17NO2/c1-10(6-7-16-2)13(15)12-5-3-4-11(8-12)9-14/h3-5,8,10,13,15H,6-7H2,1-2H3. The zero-order valence-electron chi connectivity index (χ0n) is 9.68. The molecule has 86 valence electrons. The van der Waals surface area contributed by atoms with Gasteiger partial charge in [-0.25, -0.2) is 0 Å². The lowest BCUT2D eigenvalue weighted by atomic mass is 9.94. The summed E-state index contributed by atoms with van der Waals surface area (Å²) in [6, 6.07) is 9.16. The van der Waals surface area contributed by atoms with Crippen LogP contribution in [0.15, 0.2) is 24.3 Å². The quantitative estimate of drug-likeness (QED) is 0.826. The van der Waals surface area contributed by atoms with E-state index in [0.29, 0.717) is 12.2 Å². The van der Waals surface area contributed by atoms with Gasteiger partial charge in [-0.2, -0.15) is 5.26 Å². The van der Waals surface area contributed by atoms with Crippen molar-refractivity contribution in [1.82, 2.24) is 0 Å². The molecule has 0 aliphatic rings. The van der Waals surface area contributed by atoms with Crippen LogP contribution in [0, 0.1) is 17.2 Å². The third kappa shape index (κ3) is 3.34. The lowest BCUT2D eigenvalue weighted by Gasteiger charge is -2.18. The van der Waals surface area contributed by atoms with Gasteiger partial charge in [-0.05, 0) is 30.0 Å². The first-order chi connectivity index (χ1) is 7.69. The Balaban J connectivity index is 2.71. The second-order valence-corrected chi connectivity index (χ2v) is 3.94. The average molecular weight is 219 g/mol. The summed E-state index contributed by atoms with van der Waals surface area (Å²) in [5.41, 5.74) is 1.37. The summed E-state index contributed by atoms with van der Waals surface area (Å²) in [7, 11) is 1.65. The van der Waals surface area contributed by atoms with Gasteiger partial charge in [-0.1, -0.05) is 19.1 Å². The van der Waals surface area contributed by atoms with Gasteiger partial charge in [0, 0.05) is 13.7 Å². The fraction of sp³-hybridized carbons (Fsp3) is 0.462. The fourth-order valence-electron chi connectivity index (χ4n) is 1.58. The predicted molar refractivity (Wildman–Crippen MR) is 61.8 cm³/mol. The van der Waals surface area contributed by atoms with E-state index in [1.54, 1.807) is 25.3 Å². The van der Waals surface area contributed by atoms with Gasteiger partial charge in [0.2, 0.25) is 0 Å². The lowest BCUT2D eigenvalue weighted by Crippen LogP contribution is -2.11. The molecule has 0 heterocycles. The summed E-state index contributed by atoms with van der Waals surface area (Å²) in [4.78, 5) is 0.